The molecule has 38 heavy (non-hydrogen) atoms. The van der Waals surface area contributed by atoms with Gasteiger partial charge in [0.1, 0.15) is 11.3 Å². The van der Waals surface area contributed by atoms with Crippen molar-refractivity contribution in [3.63, 3.8) is 0 Å². The summed E-state index contributed by atoms with van der Waals surface area (Å²) in [6.45, 7) is 9.71. The Morgan fingerprint density at radius 2 is 2.03 bits per heavy atom. The van der Waals surface area contributed by atoms with E-state index in [0.717, 1.165) is 5.56 Å². The van der Waals surface area contributed by atoms with Gasteiger partial charge in [-0.05, 0) is 44.8 Å². The number of rotatable bonds is 6. The lowest BCUT2D eigenvalue weighted by molar-refractivity contribution is 0.0763. The molecule has 1 saturated heterocycles. The van der Waals surface area contributed by atoms with Crippen LogP contribution in [-0.2, 0) is 7.05 Å². The zero-order chi connectivity index (χ0) is 27.0. The molecule has 0 spiro atoms. The predicted molar refractivity (Wildman–Crippen MR) is 141 cm³/mol. The van der Waals surface area contributed by atoms with Gasteiger partial charge in [0.05, 0.1) is 29.7 Å². The highest BCUT2D eigenvalue weighted by atomic mass is 16.5. The molecule has 5 rings (SSSR count). The summed E-state index contributed by atoms with van der Waals surface area (Å²) in [4.78, 5) is 37.4. The van der Waals surface area contributed by atoms with E-state index in [1.54, 1.807) is 40.1 Å². The quantitative estimate of drug-likeness (QED) is 0.374. The fourth-order valence-electron chi connectivity index (χ4n) is 4.39. The Morgan fingerprint density at radius 1 is 1.21 bits per heavy atom. The second-order valence-electron chi connectivity index (χ2n) is 9.42. The molecule has 2 N–H and O–H groups in total. The van der Waals surface area contributed by atoms with Crippen LogP contribution in [0.1, 0.15) is 15.9 Å². The van der Waals surface area contributed by atoms with Crippen LogP contribution in [0.4, 0.5) is 17.3 Å². The second kappa shape index (κ2) is 10.0. The van der Waals surface area contributed by atoms with Crippen LogP contribution in [0.15, 0.2) is 43.0 Å². The molecule has 4 aromatic heterocycles. The fraction of sp³-hybridized carbons (Fsp3) is 0.308. The van der Waals surface area contributed by atoms with Gasteiger partial charge in [-0.1, -0.05) is 6.57 Å². The average molecular weight is 514 g/mol. The van der Waals surface area contributed by atoms with Gasteiger partial charge in [-0.15, -0.1) is 4.98 Å². The van der Waals surface area contributed by atoms with Crippen molar-refractivity contribution in [2.45, 2.75) is 19.1 Å². The molecule has 0 radical (unpaired) electrons. The summed E-state index contributed by atoms with van der Waals surface area (Å²) in [7, 11) is 5.62. The minimum absolute atomic E-state index is 0.0955. The van der Waals surface area contributed by atoms with E-state index >= 15 is 0 Å². The number of aliphatic hydroxyl groups excluding tert-OH is 1. The first-order valence-electron chi connectivity index (χ1n) is 11.9. The summed E-state index contributed by atoms with van der Waals surface area (Å²) in [5, 5.41) is 13.5. The summed E-state index contributed by atoms with van der Waals surface area (Å²) < 4.78 is 7.79. The van der Waals surface area contributed by atoms with Gasteiger partial charge in [0.25, 0.3) is 11.7 Å². The number of pyridine rings is 3. The molecule has 12 heteroatoms. The number of aromatic nitrogens is 5. The molecule has 0 aliphatic carbocycles. The monoisotopic (exact) mass is 513 g/mol. The molecular formula is C26H27N9O3. The Labute approximate surface area is 219 Å². The van der Waals surface area contributed by atoms with Crippen LogP contribution in [0.2, 0.25) is 0 Å². The van der Waals surface area contributed by atoms with E-state index in [1.807, 2.05) is 33.0 Å². The van der Waals surface area contributed by atoms with E-state index in [4.69, 9.17) is 11.3 Å². The number of anilines is 2. The highest BCUT2D eigenvalue weighted by molar-refractivity contribution is 5.94. The summed E-state index contributed by atoms with van der Waals surface area (Å²) in [5.74, 6) is 1.43. The number of ether oxygens (including phenoxy) is 1. The molecule has 5 heterocycles. The van der Waals surface area contributed by atoms with Gasteiger partial charge in [0, 0.05) is 32.4 Å². The van der Waals surface area contributed by atoms with Crippen molar-refractivity contribution >= 4 is 34.4 Å². The smallest absolute Gasteiger partial charge is 0.269 e. The van der Waals surface area contributed by atoms with Crippen molar-refractivity contribution in [2.75, 3.05) is 32.5 Å². The third kappa shape index (κ3) is 4.84. The van der Waals surface area contributed by atoms with Crippen molar-refractivity contribution in [1.29, 1.82) is 0 Å². The zero-order valence-corrected chi connectivity index (χ0v) is 21.5. The molecule has 4 aromatic rings. The number of hydrogen-bond donors (Lipinski definition) is 2. The third-order valence-corrected chi connectivity index (χ3v) is 6.51. The van der Waals surface area contributed by atoms with Crippen LogP contribution in [-0.4, -0.2) is 84.6 Å². The number of carbonyl (C=O) groups is 1. The number of likely N-dealkylation sites (tertiary alicyclic amines) is 1. The number of nitrogens with one attached hydrogen (secondary N) is 1. The third-order valence-electron chi connectivity index (χ3n) is 6.51. The molecule has 12 nitrogen and oxygen atoms in total. The molecule has 0 unspecified atom stereocenters. The highest BCUT2D eigenvalue weighted by Gasteiger charge is 2.35. The first-order chi connectivity index (χ1) is 18.2. The maximum atomic E-state index is 13.0. The van der Waals surface area contributed by atoms with Crippen molar-refractivity contribution in [1.82, 2.24) is 34.3 Å². The van der Waals surface area contributed by atoms with E-state index in [0.29, 0.717) is 52.2 Å². The van der Waals surface area contributed by atoms with Gasteiger partial charge in [-0.25, -0.2) is 9.97 Å². The average Bonchev–Trinajstić information content (AvgIpc) is 3.48. The van der Waals surface area contributed by atoms with Crippen LogP contribution in [0.3, 0.4) is 0 Å². The van der Waals surface area contributed by atoms with Crippen LogP contribution in [0, 0.1) is 13.5 Å². The first-order valence-corrected chi connectivity index (χ1v) is 11.9. The molecule has 0 aromatic carbocycles. The Hall–Kier alpha value is -4.60. The predicted octanol–water partition coefficient (Wildman–Crippen LogP) is 2.90. The number of aliphatic hydroxyl groups is 1. The van der Waals surface area contributed by atoms with Gasteiger partial charge < -0.3 is 34.4 Å². The van der Waals surface area contributed by atoms with Crippen molar-refractivity contribution in [3.8, 4) is 11.6 Å². The van der Waals surface area contributed by atoms with Gasteiger partial charge >= 0.3 is 0 Å². The normalized spacial score (nSPS) is 17.1. The Kier molecular flexibility index (Phi) is 6.62. The van der Waals surface area contributed by atoms with Gasteiger partial charge in [-0.2, -0.15) is 4.98 Å². The number of amides is 1. The standard InChI is InChI=1S/C26H27N9O3/c1-15-8-22(27-2)29-11-20(15)38-23-9-17(24-25(32-23)34(5)14-30-24)31-21-7-6-16(10-28-21)26(37)35-12-18(33(3)4)19(36)13-35/h6-11,14,18-19,36H,12-13H2,1,3-5H3,(H,28,31,32)/t18-,19-/m1/s1. The summed E-state index contributed by atoms with van der Waals surface area (Å²) in [6.07, 6.45) is 4.09. The highest BCUT2D eigenvalue weighted by Crippen LogP contribution is 2.31. The zero-order valence-electron chi connectivity index (χ0n) is 21.5. The van der Waals surface area contributed by atoms with E-state index in [-0.39, 0.29) is 18.5 Å². The Bertz CT molecular complexity index is 1540. The summed E-state index contributed by atoms with van der Waals surface area (Å²) in [5.41, 5.74) is 3.05. The van der Waals surface area contributed by atoms with E-state index in [2.05, 4.69) is 30.1 Å². The van der Waals surface area contributed by atoms with Crippen LogP contribution < -0.4 is 10.1 Å². The number of fused-ring (bicyclic) bond motifs is 1. The maximum Gasteiger partial charge on any atom is 0.269 e. The minimum atomic E-state index is -0.586. The molecule has 1 aliphatic rings. The van der Waals surface area contributed by atoms with E-state index in [9.17, 15) is 9.90 Å². The molecule has 1 aliphatic heterocycles. The molecule has 1 amide bonds. The van der Waals surface area contributed by atoms with Crippen LogP contribution in [0.25, 0.3) is 16.0 Å². The molecule has 2 atom stereocenters. The van der Waals surface area contributed by atoms with E-state index in [1.165, 1.54) is 12.4 Å². The minimum Gasteiger partial charge on any atom is -0.435 e. The van der Waals surface area contributed by atoms with Crippen molar-refractivity contribution in [2.24, 2.45) is 7.05 Å². The number of imidazole rings is 1. The Morgan fingerprint density at radius 3 is 2.68 bits per heavy atom. The number of nitrogens with zero attached hydrogens (tertiary/aromatic N) is 8. The van der Waals surface area contributed by atoms with Gasteiger partial charge in [0.2, 0.25) is 5.88 Å². The first kappa shape index (κ1) is 25.1. The molecule has 1 fully saturated rings. The number of likely N-dealkylation sites (N-methyl/N-ethyl adjacent to an activating group) is 1. The lowest BCUT2D eigenvalue weighted by atomic mass is 10.2. The van der Waals surface area contributed by atoms with Gasteiger partial charge in [0.15, 0.2) is 17.6 Å². The number of aryl methyl sites for hydroxylation is 2. The molecule has 0 saturated carbocycles. The summed E-state index contributed by atoms with van der Waals surface area (Å²) >= 11 is 0. The fourth-order valence-corrected chi connectivity index (χ4v) is 4.39. The second-order valence-corrected chi connectivity index (χ2v) is 9.42. The molecule has 194 valence electrons. The lowest BCUT2D eigenvalue weighted by Gasteiger charge is -2.21. The van der Waals surface area contributed by atoms with Crippen molar-refractivity contribution < 1.29 is 14.6 Å². The van der Waals surface area contributed by atoms with Crippen molar-refractivity contribution in [3.05, 3.63) is 65.5 Å². The summed E-state index contributed by atoms with van der Waals surface area (Å²) in [6, 6.07) is 6.69. The van der Waals surface area contributed by atoms with Crippen LogP contribution >= 0.6 is 0 Å². The number of hydrogen-bond acceptors (Lipinski definition) is 9. The maximum absolute atomic E-state index is 13.0. The molecule has 0 bridgehead atoms. The molecular weight excluding hydrogens is 486 g/mol. The van der Waals surface area contributed by atoms with E-state index < -0.39 is 6.10 Å². The van der Waals surface area contributed by atoms with Gasteiger partial charge in [-0.3, -0.25) is 4.79 Å². The number of carbonyl (C=O) groups excluding carboxylic acids is 1. The lowest BCUT2D eigenvalue weighted by Crippen LogP contribution is -2.38. The number of β-amino-alcohol motifs (C(OH)–C–C–N with tert-alkyl or cyclic N) is 1. The topological polar surface area (TPSA) is 126 Å². The van der Waals surface area contributed by atoms with Crippen LogP contribution in [0.5, 0.6) is 11.6 Å². The Balaban J connectivity index is 1.37. The largest absolute Gasteiger partial charge is 0.435 e. The SMILES string of the molecule is [C-]#[N+]c1cc(C)c(Oc2cc(Nc3ccc(C(=O)N4C[C@@H](O)[C@H](N(C)C)C4)cn3)c3ncn(C)c3n2)cn1.